The van der Waals surface area contributed by atoms with Crippen molar-refractivity contribution in [1.29, 1.82) is 0 Å². The Morgan fingerprint density at radius 3 is 2.38 bits per heavy atom. The van der Waals surface area contributed by atoms with Crippen LogP contribution in [0.2, 0.25) is 0 Å². The van der Waals surface area contributed by atoms with Gasteiger partial charge in [-0.15, -0.1) is 0 Å². The number of hydrogen-bond acceptors (Lipinski definition) is 7. The fourth-order valence-electron chi connectivity index (χ4n) is 1.52. The number of amides is 1. The molecule has 0 aliphatic heterocycles. The van der Waals surface area contributed by atoms with Crippen LogP contribution < -0.4 is 0 Å². The summed E-state index contributed by atoms with van der Waals surface area (Å²) >= 11 is 0. The molecule has 10 heteroatoms. The number of sulfonamides is 1. The van der Waals surface area contributed by atoms with Gasteiger partial charge in [0.2, 0.25) is 0 Å². The van der Waals surface area contributed by atoms with Crippen molar-refractivity contribution in [2.75, 3.05) is 20.3 Å². The monoisotopic (exact) mass is 319 g/mol. The highest BCUT2D eigenvalue weighted by molar-refractivity contribution is 7.89. The molecule has 1 heterocycles. The van der Waals surface area contributed by atoms with E-state index in [1.807, 2.05) is 0 Å². The summed E-state index contributed by atoms with van der Waals surface area (Å²) < 4.78 is 35.6. The number of esters is 1. The predicted molar refractivity (Wildman–Crippen MR) is 71.1 cm³/mol. The average molecular weight is 319 g/mol. The Balaban J connectivity index is 3.29. The average Bonchev–Trinajstić information content (AvgIpc) is 2.81. The minimum atomic E-state index is -4.28. The van der Waals surface area contributed by atoms with Gasteiger partial charge in [-0.2, -0.15) is 13.5 Å². The number of carbonyl (C=O) groups excluding carboxylic acids is 2. The van der Waals surface area contributed by atoms with Crippen LogP contribution in [0, 0.1) is 0 Å². The van der Waals surface area contributed by atoms with E-state index >= 15 is 0 Å². The Labute approximate surface area is 122 Å². The molecule has 0 spiro atoms. The minimum Gasteiger partial charge on any atom is -0.462 e. The maximum atomic E-state index is 12.4. The zero-order valence-corrected chi connectivity index (χ0v) is 13.0. The van der Waals surface area contributed by atoms with Gasteiger partial charge in [0.05, 0.1) is 19.4 Å². The first-order valence-electron chi connectivity index (χ1n) is 6.12. The van der Waals surface area contributed by atoms with Crippen LogP contribution in [-0.2, 0) is 26.5 Å². The lowest BCUT2D eigenvalue weighted by Gasteiger charge is -2.17. The van der Waals surface area contributed by atoms with E-state index in [0.29, 0.717) is 4.31 Å². The molecule has 0 bridgehead atoms. The topological polar surface area (TPSA) is 108 Å². The molecule has 0 aliphatic carbocycles. The third-order valence-electron chi connectivity index (χ3n) is 2.51. The fraction of sp³-hybridized carbons (Fsp3) is 0.545. The molecule has 0 fully saturated rings. The molecule has 1 rings (SSSR count). The van der Waals surface area contributed by atoms with E-state index in [9.17, 15) is 18.0 Å². The summed E-state index contributed by atoms with van der Waals surface area (Å²) in [4.78, 5) is 23.4. The zero-order valence-electron chi connectivity index (χ0n) is 12.2. The first kappa shape index (κ1) is 17.0. The molecule has 0 atom stereocenters. The number of carbonyl (C=O) groups is 2. The van der Waals surface area contributed by atoms with Crippen molar-refractivity contribution >= 4 is 22.1 Å². The maximum Gasteiger partial charge on any atom is 0.423 e. The number of hydrogen-bond donors (Lipinski definition) is 0. The van der Waals surface area contributed by atoms with E-state index < -0.39 is 27.1 Å². The van der Waals surface area contributed by atoms with Crippen LogP contribution in [0.15, 0.2) is 11.2 Å². The summed E-state index contributed by atoms with van der Waals surface area (Å²) in [5.74, 6) is -0.832. The molecule has 0 N–H and O–H groups in total. The second-order valence-corrected chi connectivity index (χ2v) is 5.76. The van der Waals surface area contributed by atoms with Crippen molar-refractivity contribution in [2.24, 2.45) is 7.05 Å². The number of aryl methyl sites for hydroxylation is 1. The Bertz CT molecular complexity index is 636. The van der Waals surface area contributed by atoms with E-state index in [1.54, 1.807) is 13.8 Å². The van der Waals surface area contributed by atoms with E-state index in [2.05, 4.69) is 9.84 Å². The second-order valence-electron chi connectivity index (χ2n) is 3.88. The van der Waals surface area contributed by atoms with E-state index in [1.165, 1.54) is 7.05 Å². The van der Waals surface area contributed by atoms with Gasteiger partial charge < -0.3 is 9.47 Å². The van der Waals surface area contributed by atoms with E-state index in [0.717, 1.165) is 17.9 Å². The number of aromatic nitrogens is 2. The van der Waals surface area contributed by atoms with E-state index in [4.69, 9.17) is 4.74 Å². The number of rotatable bonds is 5. The van der Waals surface area contributed by atoms with Gasteiger partial charge in [-0.05, 0) is 13.8 Å². The van der Waals surface area contributed by atoms with Crippen LogP contribution in [0.25, 0.3) is 0 Å². The summed E-state index contributed by atoms with van der Waals surface area (Å²) in [6.07, 6.45) is 0.0256. The second kappa shape index (κ2) is 6.57. The smallest absolute Gasteiger partial charge is 0.423 e. The third-order valence-corrected chi connectivity index (χ3v) is 4.35. The highest BCUT2D eigenvalue weighted by atomic mass is 32.2. The summed E-state index contributed by atoms with van der Waals surface area (Å²) in [5, 5.41) is 3.30. The molecule has 1 aromatic heterocycles. The van der Waals surface area contributed by atoms with Crippen molar-refractivity contribution in [3.63, 3.8) is 0 Å². The first-order chi connectivity index (χ1) is 9.77. The molecule has 0 unspecified atom stereocenters. The van der Waals surface area contributed by atoms with Gasteiger partial charge in [-0.25, -0.2) is 13.9 Å². The molecule has 9 nitrogen and oxygen atoms in total. The van der Waals surface area contributed by atoms with Gasteiger partial charge >= 0.3 is 12.1 Å². The Morgan fingerprint density at radius 2 is 1.86 bits per heavy atom. The van der Waals surface area contributed by atoms with Crippen molar-refractivity contribution in [2.45, 2.75) is 18.9 Å². The minimum absolute atomic E-state index is 0.0226. The van der Waals surface area contributed by atoms with Crippen molar-refractivity contribution in [1.82, 2.24) is 14.1 Å². The maximum absolute atomic E-state index is 12.4. The van der Waals surface area contributed by atoms with Crippen LogP contribution in [0.3, 0.4) is 0 Å². The summed E-state index contributed by atoms with van der Waals surface area (Å²) in [6.45, 7) is 3.25. The molecule has 0 saturated carbocycles. The van der Waals surface area contributed by atoms with Crippen molar-refractivity contribution in [3.05, 3.63) is 11.8 Å². The lowest BCUT2D eigenvalue weighted by atomic mass is 10.4. The van der Waals surface area contributed by atoms with Crippen LogP contribution >= 0.6 is 0 Å². The standard InChI is InChI=1S/C11H17N3O6S/c1-5-19-10(15)8-7-12-13(3)9(8)21(17,18)14(4)11(16)20-6-2/h7H,5-6H2,1-4H3. The van der Waals surface area contributed by atoms with E-state index in [-0.39, 0.29) is 18.8 Å². The molecular weight excluding hydrogens is 302 g/mol. The van der Waals surface area contributed by atoms with Crippen LogP contribution in [0.5, 0.6) is 0 Å². The SMILES string of the molecule is CCOC(=O)c1cnn(C)c1S(=O)(=O)N(C)C(=O)OCC. The van der Waals surface area contributed by atoms with Gasteiger partial charge in [0.25, 0.3) is 10.0 Å². The highest BCUT2D eigenvalue weighted by Gasteiger charge is 2.34. The largest absolute Gasteiger partial charge is 0.462 e. The molecule has 1 amide bonds. The summed E-state index contributed by atoms with van der Waals surface area (Å²) in [7, 11) is -1.90. The molecular formula is C11H17N3O6S. The van der Waals surface area contributed by atoms with Crippen LogP contribution in [-0.4, -0.2) is 54.8 Å². The molecule has 1 aromatic rings. The zero-order chi connectivity index (χ0) is 16.2. The first-order valence-corrected chi connectivity index (χ1v) is 7.56. The summed E-state index contributed by atoms with van der Waals surface area (Å²) in [6, 6.07) is 0. The van der Waals surface area contributed by atoms with Gasteiger partial charge in [0.15, 0.2) is 5.03 Å². The lowest BCUT2D eigenvalue weighted by Crippen LogP contribution is -2.35. The fourth-order valence-corrected chi connectivity index (χ4v) is 2.83. The van der Waals surface area contributed by atoms with Crippen LogP contribution in [0.1, 0.15) is 24.2 Å². The molecule has 118 valence electrons. The van der Waals surface area contributed by atoms with Gasteiger partial charge in [-0.1, -0.05) is 0 Å². The molecule has 0 aromatic carbocycles. The normalized spacial score (nSPS) is 11.0. The number of nitrogens with zero attached hydrogens (tertiary/aromatic N) is 3. The van der Waals surface area contributed by atoms with Crippen LogP contribution in [0.4, 0.5) is 4.79 Å². The van der Waals surface area contributed by atoms with Gasteiger partial charge in [-0.3, -0.25) is 4.68 Å². The van der Waals surface area contributed by atoms with Crippen molar-refractivity contribution < 1.29 is 27.5 Å². The molecule has 0 radical (unpaired) electrons. The lowest BCUT2D eigenvalue weighted by molar-refractivity contribution is 0.0520. The Hall–Kier alpha value is -2.10. The third kappa shape index (κ3) is 3.32. The highest BCUT2D eigenvalue weighted by Crippen LogP contribution is 2.20. The van der Waals surface area contributed by atoms with Crippen molar-refractivity contribution in [3.8, 4) is 0 Å². The van der Waals surface area contributed by atoms with Gasteiger partial charge in [0, 0.05) is 14.1 Å². The summed E-state index contributed by atoms with van der Waals surface area (Å²) in [5.41, 5.74) is -0.240. The molecule has 0 saturated heterocycles. The van der Waals surface area contributed by atoms with Gasteiger partial charge in [0.1, 0.15) is 5.56 Å². The Morgan fingerprint density at radius 1 is 1.29 bits per heavy atom. The molecule has 21 heavy (non-hydrogen) atoms. The number of ether oxygens (including phenoxy) is 2. The molecule has 0 aliphatic rings. The predicted octanol–water partition coefficient (Wildman–Crippen LogP) is 0.374. The Kier molecular flexibility index (Phi) is 5.30. The quantitative estimate of drug-likeness (QED) is 0.722.